The predicted octanol–water partition coefficient (Wildman–Crippen LogP) is 4.96. The van der Waals surface area contributed by atoms with Crippen molar-refractivity contribution in [1.82, 2.24) is 29.8 Å². The first-order chi connectivity index (χ1) is 16.1. The lowest BCUT2D eigenvalue weighted by Crippen LogP contribution is -2.37. The minimum Gasteiger partial charge on any atom is -0.322 e. The number of hydrogen-bond donors (Lipinski definition) is 1. The van der Waals surface area contributed by atoms with E-state index in [-0.39, 0.29) is 24.2 Å². The second kappa shape index (κ2) is 8.15. The monoisotopic (exact) mass is 537 g/mol. The number of pyridine rings is 1. The number of carbonyl (C=O) groups excluding carboxylic acids is 1. The Labute approximate surface area is 198 Å². The van der Waals surface area contributed by atoms with Crippen molar-refractivity contribution in [1.29, 1.82) is 0 Å². The number of carbonyl (C=O) groups is 1. The normalized spacial score (nSPS) is 18.2. The van der Waals surface area contributed by atoms with Crippen molar-refractivity contribution >= 4 is 33.0 Å². The van der Waals surface area contributed by atoms with Gasteiger partial charge in [-0.25, -0.2) is 8.91 Å². The van der Waals surface area contributed by atoms with Gasteiger partial charge in [-0.1, -0.05) is 6.07 Å². The van der Waals surface area contributed by atoms with Crippen molar-refractivity contribution in [3.05, 3.63) is 58.1 Å². The largest absolute Gasteiger partial charge is 0.391 e. The number of nitrogens with one attached hydrogen (secondary N) is 1. The lowest BCUT2D eigenvalue weighted by molar-refractivity contribution is -0.203. The van der Waals surface area contributed by atoms with Crippen molar-refractivity contribution in [3.8, 4) is 11.4 Å². The van der Waals surface area contributed by atoms with Crippen LogP contribution in [0.15, 0.2) is 41.1 Å². The molecule has 1 saturated carbocycles. The Bertz CT molecular complexity index is 1410. The molecule has 0 saturated heterocycles. The smallest absolute Gasteiger partial charge is 0.322 e. The summed E-state index contributed by atoms with van der Waals surface area (Å²) in [6.07, 6.45) is -2.85. The molecule has 176 valence electrons. The summed E-state index contributed by atoms with van der Waals surface area (Å²) in [4.78, 5) is 14.1. The van der Waals surface area contributed by atoms with E-state index in [2.05, 4.69) is 41.8 Å². The van der Waals surface area contributed by atoms with Gasteiger partial charge in [-0.05, 0) is 70.7 Å². The van der Waals surface area contributed by atoms with E-state index < -0.39 is 29.9 Å². The van der Waals surface area contributed by atoms with Crippen LogP contribution in [-0.4, -0.2) is 41.9 Å². The molecule has 3 heterocycles. The van der Waals surface area contributed by atoms with Crippen molar-refractivity contribution < 1.29 is 22.4 Å². The van der Waals surface area contributed by atoms with Crippen molar-refractivity contribution in [3.63, 3.8) is 0 Å². The van der Waals surface area contributed by atoms with Gasteiger partial charge in [-0.2, -0.15) is 23.1 Å². The maximum absolute atomic E-state index is 14.7. The topological polar surface area (TPSA) is 90.0 Å². The van der Waals surface area contributed by atoms with Crippen LogP contribution in [0.4, 0.5) is 23.2 Å². The zero-order valence-electron chi connectivity index (χ0n) is 17.5. The molecule has 1 amide bonds. The van der Waals surface area contributed by atoms with Crippen LogP contribution in [0.25, 0.3) is 16.9 Å². The van der Waals surface area contributed by atoms with E-state index in [1.807, 2.05) is 0 Å². The number of fused-ring (bicyclic) bond motifs is 1. The number of benzene rings is 1. The summed E-state index contributed by atoms with van der Waals surface area (Å²) in [7, 11) is 0. The maximum Gasteiger partial charge on any atom is 0.391 e. The van der Waals surface area contributed by atoms with E-state index in [9.17, 15) is 22.4 Å². The van der Waals surface area contributed by atoms with Gasteiger partial charge in [0.25, 0.3) is 5.91 Å². The molecule has 4 aromatic rings. The lowest BCUT2D eigenvalue weighted by Gasteiger charge is -2.35. The lowest BCUT2D eigenvalue weighted by atomic mass is 9.80. The number of anilines is 1. The number of aromatic nitrogens is 6. The first-order valence-corrected chi connectivity index (χ1v) is 11.0. The Balaban J connectivity index is 1.40. The third kappa shape index (κ3) is 3.93. The third-order valence-electron chi connectivity index (χ3n) is 5.86. The molecule has 1 aromatic carbocycles. The molecule has 0 spiro atoms. The Morgan fingerprint density at radius 2 is 1.97 bits per heavy atom. The number of alkyl halides is 3. The molecular weight excluding hydrogens is 522 g/mol. The van der Waals surface area contributed by atoms with Gasteiger partial charge in [0, 0.05) is 11.9 Å². The molecule has 3 aromatic heterocycles. The Hall–Kier alpha value is -3.35. The molecule has 0 unspecified atom stereocenters. The molecule has 13 heteroatoms. The Kier molecular flexibility index (Phi) is 5.38. The van der Waals surface area contributed by atoms with Crippen LogP contribution in [0.1, 0.15) is 34.8 Å². The molecule has 34 heavy (non-hydrogen) atoms. The van der Waals surface area contributed by atoms with Crippen LogP contribution < -0.4 is 5.32 Å². The van der Waals surface area contributed by atoms with Gasteiger partial charge in [0.05, 0.1) is 23.0 Å². The van der Waals surface area contributed by atoms with Gasteiger partial charge in [-0.3, -0.25) is 4.79 Å². The number of aryl methyl sites for hydroxylation is 1. The molecule has 1 aliphatic carbocycles. The zero-order valence-corrected chi connectivity index (χ0v) is 19.1. The first kappa shape index (κ1) is 22.4. The standard InChI is InChI=1S/C21H16BrF4N7O/c1-10-6-14(23)13(19-28-31-33(30-19)12-7-11(8-12)21(24,25)26)9-15(10)27-20(34)17-16-4-2-3-5-32(16)29-18(17)22/h2-6,9,11-12H,7-8H2,1H3,(H,27,34). The number of nitrogens with zero attached hydrogens (tertiary/aromatic N) is 6. The minimum absolute atomic E-state index is 0.0298. The highest BCUT2D eigenvalue weighted by Crippen LogP contribution is 2.46. The molecular formula is C21H16BrF4N7O. The highest BCUT2D eigenvalue weighted by Gasteiger charge is 2.49. The number of halogens is 5. The van der Waals surface area contributed by atoms with Crippen LogP contribution >= 0.6 is 15.9 Å². The summed E-state index contributed by atoms with van der Waals surface area (Å²) in [5.41, 5.74) is 1.63. The highest BCUT2D eigenvalue weighted by molar-refractivity contribution is 9.10. The average Bonchev–Trinajstić information content (AvgIpc) is 3.31. The van der Waals surface area contributed by atoms with Gasteiger partial charge in [0.1, 0.15) is 16.0 Å². The number of hydrogen-bond acceptors (Lipinski definition) is 5. The van der Waals surface area contributed by atoms with Crippen molar-refractivity contribution in [2.75, 3.05) is 5.32 Å². The number of amides is 1. The van der Waals surface area contributed by atoms with Gasteiger partial charge >= 0.3 is 6.18 Å². The molecule has 8 nitrogen and oxygen atoms in total. The molecule has 0 atom stereocenters. The molecule has 0 bridgehead atoms. The van der Waals surface area contributed by atoms with E-state index >= 15 is 0 Å². The second-order valence-corrected chi connectivity index (χ2v) is 8.85. The SMILES string of the molecule is Cc1cc(F)c(-c2nnn(C3CC(C(F)(F)F)C3)n2)cc1NC(=O)c1c(Br)nn2ccccc12. The molecule has 1 fully saturated rings. The molecule has 1 aliphatic rings. The van der Waals surface area contributed by atoms with Gasteiger partial charge in [-0.15, -0.1) is 10.2 Å². The first-order valence-electron chi connectivity index (χ1n) is 10.2. The summed E-state index contributed by atoms with van der Waals surface area (Å²) in [5.74, 6) is -2.59. The summed E-state index contributed by atoms with van der Waals surface area (Å²) < 4.78 is 54.9. The van der Waals surface area contributed by atoms with Crippen LogP contribution in [0.2, 0.25) is 0 Å². The van der Waals surface area contributed by atoms with Crippen molar-refractivity contribution in [2.24, 2.45) is 5.92 Å². The van der Waals surface area contributed by atoms with E-state index in [0.29, 0.717) is 26.9 Å². The van der Waals surface area contributed by atoms with Crippen LogP contribution in [0, 0.1) is 18.7 Å². The van der Waals surface area contributed by atoms with E-state index in [1.165, 1.54) is 12.1 Å². The molecule has 0 aliphatic heterocycles. The fourth-order valence-electron chi connectivity index (χ4n) is 3.87. The molecule has 5 rings (SSSR count). The zero-order chi connectivity index (χ0) is 24.2. The van der Waals surface area contributed by atoms with E-state index in [4.69, 9.17) is 0 Å². The van der Waals surface area contributed by atoms with Crippen LogP contribution in [0.3, 0.4) is 0 Å². The summed E-state index contributed by atoms with van der Waals surface area (Å²) in [5, 5.41) is 18.7. The second-order valence-electron chi connectivity index (χ2n) is 8.09. The summed E-state index contributed by atoms with van der Waals surface area (Å²) >= 11 is 3.30. The fraction of sp³-hybridized carbons (Fsp3) is 0.286. The maximum atomic E-state index is 14.7. The third-order valence-corrected chi connectivity index (χ3v) is 6.41. The Morgan fingerprint density at radius 1 is 1.21 bits per heavy atom. The Morgan fingerprint density at radius 3 is 2.71 bits per heavy atom. The number of tetrazole rings is 1. The number of rotatable bonds is 4. The van der Waals surface area contributed by atoms with Gasteiger partial charge in [0.15, 0.2) is 0 Å². The summed E-state index contributed by atoms with van der Waals surface area (Å²) in [6, 6.07) is 7.34. The van der Waals surface area contributed by atoms with Crippen LogP contribution in [-0.2, 0) is 0 Å². The summed E-state index contributed by atoms with van der Waals surface area (Å²) in [6.45, 7) is 1.63. The molecule has 0 radical (unpaired) electrons. The van der Waals surface area contributed by atoms with E-state index in [1.54, 1.807) is 35.8 Å². The van der Waals surface area contributed by atoms with Crippen molar-refractivity contribution in [2.45, 2.75) is 32.0 Å². The van der Waals surface area contributed by atoms with Crippen LogP contribution in [0.5, 0.6) is 0 Å². The average molecular weight is 538 g/mol. The fourth-order valence-corrected chi connectivity index (χ4v) is 4.43. The quantitative estimate of drug-likeness (QED) is 0.371. The minimum atomic E-state index is -4.26. The van der Waals surface area contributed by atoms with Gasteiger partial charge in [0.2, 0.25) is 5.82 Å². The van der Waals surface area contributed by atoms with E-state index in [0.717, 1.165) is 4.80 Å². The molecule has 1 N–H and O–H groups in total. The predicted molar refractivity (Wildman–Crippen MR) is 117 cm³/mol. The van der Waals surface area contributed by atoms with Gasteiger partial charge < -0.3 is 5.32 Å². The highest BCUT2D eigenvalue weighted by atomic mass is 79.9.